The summed E-state index contributed by atoms with van der Waals surface area (Å²) in [7, 11) is 1.52. The van der Waals surface area contributed by atoms with Gasteiger partial charge in [0.15, 0.2) is 5.82 Å². The molecule has 1 amide bonds. The molecule has 0 spiro atoms. The molecule has 0 unspecified atom stereocenters. The quantitative estimate of drug-likeness (QED) is 0.184. The number of hydrogen-bond acceptors (Lipinski definition) is 5. The number of nitrogens with zero attached hydrogens (tertiary/aromatic N) is 2. The van der Waals surface area contributed by atoms with Gasteiger partial charge >= 0.3 is 12.1 Å². The van der Waals surface area contributed by atoms with Crippen molar-refractivity contribution >= 4 is 17.7 Å². The number of aryl methyl sites for hydroxylation is 2. The number of halogens is 3. The van der Waals surface area contributed by atoms with Gasteiger partial charge in [-0.25, -0.2) is 9.78 Å². The van der Waals surface area contributed by atoms with Gasteiger partial charge in [-0.3, -0.25) is 9.59 Å². The number of carbonyl (C=O) groups is 3. The first-order valence-electron chi connectivity index (χ1n) is 14.6. The van der Waals surface area contributed by atoms with Crippen LogP contribution in [0.3, 0.4) is 0 Å². The Balaban J connectivity index is 1.36. The Kier molecular flexibility index (Phi) is 9.08. The molecule has 234 valence electrons. The molecule has 0 saturated heterocycles. The highest BCUT2D eigenvalue weighted by Gasteiger charge is 2.42. The lowest BCUT2D eigenvalue weighted by atomic mass is 9.97. The Hall–Kier alpha value is -4.93. The van der Waals surface area contributed by atoms with Gasteiger partial charge in [-0.05, 0) is 67.6 Å². The maximum absolute atomic E-state index is 13.5. The van der Waals surface area contributed by atoms with Crippen LogP contribution in [0, 0.1) is 0 Å². The molecule has 3 aromatic carbocycles. The van der Waals surface area contributed by atoms with Crippen LogP contribution in [0.4, 0.5) is 13.2 Å². The molecule has 0 bridgehead atoms. The fourth-order valence-electron chi connectivity index (χ4n) is 5.68. The van der Waals surface area contributed by atoms with E-state index in [-0.39, 0.29) is 11.4 Å². The Morgan fingerprint density at radius 1 is 0.978 bits per heavy atom. The number of amides is 1. The number of nitrogens with one attached hydrogen (secondary N) is 1. The number of aliphatic carboxylic acids is 1. The van der Waals surface area contributed by atoms with Crippen molar-refractivity contribution in [3.05, 3.63) is 107 Å². The predicted octanol–water partition coefficient (Wildman–Crippen LogP) is 6.57. The van der Waals surface area contributed by atoms with E-state index in [0.29, 0.717) is 54.8 Å². The molecule has 1 aliphatic rings. The van der Waals surface area contributed by atoms with Crippen LogP contribution < -0.4 is 10.1 Å². The van der Waals surface area contributed by atoms with E-state index in [9.17, 15) is 32.7 Å². The van der Waals surface area contributed by atoms with Crippen molar-refractivity contribution in [3.8, 4) is 17.0 Å². The first-order chi connectivity index (χ1) is 21.5. The highest BCUT2D eigenvalue weighted by atomic mass is 19.4. The highest BCUT2D eigenvalue weighted by Crippen LogP contribution is 2.32. The molecule has 1 heterocycles. The minimum absolute atomic E-state index is 0.0688. The number of rotatable bonds is 11. The number of aromatic nitrogens is 2. The third-order valence-electron chi connectivity index (χ3n) is 8.11. The van der Waals surface area contributed by atoms with Gasteiger partial charge in [0, 0.05) is 29.4 Å². The van der Waals surface area contributed by atoms with Crippen molar-refractivity contribution in [2.45, 2.75) is 56.8 Å². The summed E-state index contributed by atoms with van der Waals surface area (Å²) in [4.78, 5) is 43.0. The second kappa shape index (κ2) is 13.0. The second-order valence-corrected chi connectivity index (χ2v) is 11.1. The third kappa shape index (κ3) is 6.92. The van der Waals surface area contributed by atoms with E-state index in [4.69, 9.17) is 4.74 Å². The molecule has 0 atom stereocenters. The summed E-state index contributed by atoms with van der Waals surface area (Å²) < 4.78 is 46.4. The average molecular weight is 620 g/mol. The summed E-state index contributed by atoms with van der Waals surface area (Å²) in [5.74, 6) is -1.38. The molecule has 8 nitrogen and oxygen atoms in total. The Bertz CT molecular complexity index is 1710. The molecule has 0 aliphatic heterocycles. The number of carbonyl (C=O) groups excluding carboxylic acids is 2. The van der Waals surface area contributed by atoms with Gasteiger partial charge in [0.1, 0.15) is 11.3 Å². The number of hydrogen-bond donors (Lipinski definition) is 2. The number of ether oxygens (including phenoxy) is 1. The van der Waals surface area contributed by atoms with Crippen LogP contribution in [-0.2, 0) is 23.9 Å². The van der Waals surface area contributed by atoms with Crippen molar-refractivity contribution in [1.82, 2.24) is 14.9 Å². The molecular formula is C34H32F3N3O5. The largest absolute Gasteiger partial charge is 0.496 e. The van der Waals surface area contributed by atoms with Gasteiger partial charge in [-0.1, -0.05) is 49.2 Å². The van der Waals surface area contributed by atoms with Crippen molar-refractivity contribution < 1.29 is 37.4 Å². The normalized spacial score (nSPS) is 14.2. The maximum Gasteiger partial charge on any atom is 0.416 e. The zero-order valence-electron chi connectivity index (χ0n) is 24.6. The van der Waals surface area contributed by atoms with Crippen LogP contribution in [0.5, 0.6) is 5.75 Å². The first kappa shape index (κ1) is 31.5. The summed E-state index contributed by atoms with van der Waals surface area (Å²) in [6, 6.07) is 18.2. The van der Waals surface area contributed by atoms with E-state index in [1.54, 1.807) is 47.2 Å². The van der Waals surface area contributed by atoms with Gasteiger partial charge in [0.2, 0.25) is 5.78 Å². The SMILES string of the molecule is COc1ccccc1-c1cn(CCCc2cccc(C(=O)NC3(C(=O)O)CCCC3)c2)c(C(=O)c2ccc(C(F)(F)F)cc2)n1. The number of benzene rings is 3. The van der Waals surface area contributed by atoms with E-state index in [1.165, 1.54) is 7.11 Å². The monoisotopic (exact) mass is 619 g/mol. The Labute approximate surface area is 257 Å². The van der Waals surface area contributed by atoms with Gasteiger partial charge in [0.05, 0.1) is 18.4 Å². The lowest BCUT2D eigenvalue weighted by Crippen LogP contribution is -2.52. The fraction of sp³-hybridized carbons (Fsp3) is 0.294. The van der Waals surface area contributed by atoms with E-state index in [1.807, 2.05) is 12.1 Å². The minimum Gasteiger partial charge on any atom is -0.496 e. The number of para-hydroxylation sites is 1. The Morgan fingerprint density at radius 3 is 2.36 bits per heavy atom. The molecule has 1 aromatic heterocycles. The summed E-state index contributed by atoms with van der Waals surface area (Å²) in [6.07, 6.45) is 0.522. The molecule has 1 fully saturated rings. The van der Waals surface area contributed by atoms with Crippen LogP contribution in [-0.4, -0.2) is 45.0 Å². The summed E-state index contributed by atoms with van der Waals surface area (Å²) >= 11 is 0. The fourth-order valence-corrected chi connectivity index (χ4v) is 5.68. The standard InChI is InChI=1S/C34H32F3N3O5/c1-45-28-12-3-2-11-26(28)27-21-40(30(38-27)29(41)23-13-15-25(16-14-23)34(35,36)37)19-7-9-22-8-6-10-24(20-22)31(42)39-33(32(43)44)17-4-5-18-33/h2-3,6,8,10-16,20-21H,4-5,7,9,17-19H2,1H3,(H,39,42)(H,43,44). The maximum atomic E-state index is 13.5. The van der Waals surface area contributed by atoms with Crippen molar-refractivity contribution in [3.63, 3.8) is 0 Å². The van der Waals surface area contributed by atoms with Crippen molar-refractivity contribution in [2.24, 2.45) is 0 Å². The third-order valence-corrected chi connectivity index (χ3v) is 8.11. The number of carboxylic acids is 1. The van der Waals surface area contributed by atoms with Crippen LogP contribution in [0.15, 0.2) is 79.0 Å². The van der Waals surface area contributed by atoms with Crippen LogP contribution in [0.2, 0.25) is 0 Å². The molecular weight excluding hydrogens is 587 g/mol. The zero-order valence-corrected chi connectivity index (χ0v) is 24.6. The van der Waals surface area contributed by atoms with Crippen molar-refractivity contribution in [2.75, 3.05) is 7.11 Å². The predicted molar refractivity (Wildman–Crippen MR) is 160 cm³/mol. The van der Waals surface area contributed by atoms with E-state index >= 15 is 0 Å². The number of carboxylic acid groups (broad SMARTS) is 1. The lowest BCUT2D eigenvalue weighted by molar-refractivity contribution is -0.144. The van der Waals surface area contributed by atoms with Crippen LogP contribution in [0.1, 0.15) is 69.8 Å². The van der Waals surface area contributed by atoms with E-state index < -0.39 is 34.9 Å². The molecule has 11 heteroatoms. The van der Waals surface area contributed by atoms with E-state index in [0.717, 1.165) is 42.7 Å². The molecule has 45 heavy (non-hydrogen) atoms. The molecule has 5 rings (SSSR count). The van der Waals surface area contributed by atoms with Gasteiger partial charge in [-0.2, -0.15) is 13.2 Å². The van der Waals surface area contributed by atoms with Gasteiger partial charge < -0.3 is 19.7 Å². The molecule has 1 saturated carbocycles. The number of ketones is 1. The topological polar surface area (TPSA) is 111 Å². The van der Waals surface area contributed by atoms with Gasteiger partial charge in [0.25, 0.3) is 5.91 Å². The highest BCUT2D eigenvalue weighted by molar-refractivity contribution is 6.07. The summed E-state index contributed by atoms with van der Waals surface area (Å²) in [5, 5.41) is 12.5. The zero-order chi connectivity index (χ0) is 32.2. The van der Waals surface area contributed by atoms with Crippen molar-refractivity contribution in [1.29, 1.82) is 0 Å². The van der Waals surface area contributed by atoms with Gasteiger partial charge in [-0.15, -0.1) is 0 Å². The Morgan fingerprint density at radius 2 is 1.69 bits per heavy atom. The lowest BCUT2D eigenvalue weighted by Gasteiger charge is -2.25. The number of alkyl halides is 3. The molecule has 2 N–H and O–H groups in total. The molecule has 1 aliphatic carbocycles. The minimum atomic E-state index is -4.52. The smallest absolute Gasteiger partial charge is 0.416 e. The second-order valence-electron chi connectivity index (χ2n) is 11.1. The van der Waals surface area contributed by atoms with Crippen LogP contribution >= 0.6 is 0 Å². The molecule has 0 radical (unpaired) electrons. The first-order valence-corrected chi connectivity index (χ1v) is 14.6. The van der Waals surface area contributed by atoms with E-state index in [2.05, 4.69) is 10.3 Å². The number of methoxy groups -OCH3 is 1. The summed E-state index contributed by atoms with van der Waals surface area (Å²) in [6.45, 7) is 0.350. The summed E-state index contributed by atoms with van der Waals surface area (Å²) in [5.41, 5.74) is 0.305. The molecule has 4 aromatic rings. The van der Waals surface area contributed by atoms with Crippen LogP contribution in [0.25, 0.3) is 11.3 Å². The average Bonchev–Trinajstić information content (AvgIpc) is 3.69. The number of imidazole rings is 1.